The third kappa shape index (κ3) is 5.90. The van der Waals surface area contributed by atoms with Crippen LogP contribution in [-0.4, -0.2) is 28.1 Å². The lowest BCUT2D eigenvalue weighted by Gasteiger charge is -2.13. The number of rotatable bonds is 7. The number of aromatic carboxylic acids is 1. The third-order valence-corrected chi connectivity index (χ3v) is 6.93. The molecule has 0 saturated heterocycles. The molecule has 0 heterocycles. The Hall–Kier alpha value is -3.62. The number of carbonyl (C=O) groups is 3. The number of carboxylic acids is 1. The third-order valence-electron chi connectivity index (χ3n) is 5.29. The fourth-order valence-corrected chi connectivity index (χ4v) is 4.69. The summed E-state index contributed by atoms with van der Waals surface area (Å²) in [6, 6.07) is 24.6. The molecule has 4 rings (SSSR count). The first-order chi connectivity index (χ1) is 16.8. The molecule has 6 nitrogen and oxygen atoms in total. The zero-order valence-electron chi connectivity index (χ0n) is 18.6. The summed E-state index contributed by atoms with van der Waals surface area (Å²) in [5.74, 6) is -1.60. The fourth-order valence-electron chi connectivity index (χ4n) is 3.56. The number of carbonyl (C=O) groups excluding carboxylic acids is 2. The summed E-state index contributed by atoms with van der Waals surface area (Å²) < 4.78 is 0.938. The van der Waals surface area contributed by atoms with Crippen molar-refractivity contribution in [3.8, 4) is 0 Å². The summed E-state index contributed by atoms with van der Waals surface area (Å²) in [7, 11) is 0. The Bertz CT molecular complexity index is 1400. The summed E-state index contributed by atoms with van der Waals surface area (Å²) in [5, 5.41) is 16.0. The molecule has 1 atom stereocenters. The second-order valence-electron chi connectivity index (χ2n) is 7.75. The molecule has 3 N–H and O–H groups in total. The molecule has 1 unspecified atom stereocenters. The van der Waals surface area contributed by atoms with Crippen molar-refractivity contribution in [3.63, 3.8) is 0 Å². The van der Waals surface area contributed by atoms with Gasteiger partial charge in [0.25, 0.3) is 5.91 Å². The summed E-state index contributed by atoms with van der Waals surface area (Å²) >= 11 is 4.78. The smallest absolute Gasteiger partial charge is 0.336 e. The van der Waals surface area contributed by atoms with Gasteiger partial charge in [0.15, 0.2) is 0 Å². The number of anilines is 2. The van der Waals surface area contributed by atoms with E-state index >= 15 is 0 Å². The largest absolute Gasteiger partial charge is 0.478 e. The fraction of sp³-hybridized carbons (Fsp3) is 0.0741. The molecule has 0 aliphatic carbocycles. The van der Waals surface area contributed by atoms with Crippen LogP contribution in [0.15, 0.2) is 94.3 Å². The van der Waals surface area contributed by atoms with Gasteiger partial charge in [0, 0.05) is 31.7 Å². The molecular weight excluding hydrogens is 528 g/mol. The Kier molecular flexibility index (Phi) is 7.53. The van der Waals surface area contributed by atoms with Crippen molar-refractivity contribution in [2.45, 2.75) is 17.1 Å². The van der Waals surface area contributed by atoms with Crippen LogP contribution >= 0.6 is 27.7 Å². The van der Waals surface area contributed by atoms with E-state index in [1.165, 1.54) is 17.8 Å². The van der Waals surface area contributed by atoms with Crippen molar-refractivity contribution in [1.82, 2.24) is 0 Å². The maximum Gasteiger partial charge on any atom is 0.336 e. The molecule has 2 amide bonds. The topological polar surface area (TPSA) is 95.5 Å². The Morgan fingerprint density at radius 1 is 0.800 bits per heavy atom. The summed E-state index contributed by atoms with van der Waals surface area (Å²) in [4.78, 5) is 38.0. The molecule has 0 spiro atoms. The highest BCUT2D eigenvalue weighted by Crippen LogP contribution is 2.27. The highest BCUT2D eigenvalue weighted by molar-refractivity contribution is 9.10. The Labute approximate surface area is 214 Å². The van der Waals surface area contributed by atoms with Crippen molar-refractivity contribution in [2.75, 3.05) is 10.6 Å². The average Bonchev–Trinajstić information content (AvgIpc) is 2.85. The van der Waals surface area contributed by atoms with E-state index in [0.717, 1.165) is 15.1 Å². The van der Waals surface area contributed by atoms with Crippen LogP contribution in [0, 0.1) is 0 Å². The number of fused-ring (bicyclic) bond motifs is 1. The first-order valence-electron chi connectivity index (χ1n) is 10.7. The molecule has 0 bridgehead atoms. The summed E-state index contributed by atoms with van der Waals surface area (Å²) in [5.41, 5.74) is 1.66. The molecule has 4 aromatic rings. The second-order valence-corrected chi connectivity index (χ2v) is 10.1. The molecule has 0 radical (unpaired) electrons. The minimum Gasteiger partial charge on any atom is -0.478 e. The van der Waals surface area contributed by atoms with E-state index < -0.39 is 11.9 Å². The lowest BCUT2D eigenvalue weighted by molar-refractivity contribution is -0.115. The van der Waals surface area contributed by atoms with Crippen LogP contribution in [0.1, 0.15) is 27.6 Å². The van der Waals surface area contributed by atoms with E-state index in [-0.39, 0.29) is 22.3 Å². The van der Waals surface area contributed by atoms with Gasteiger partial charge in [-0.25, -0.2) is 4.79 Å². The number of benzene rings is 4. The lowest BCUT2D eigenvalue weighted by Crippen LogP contribution is -2.22. The summed E-state index contributed by atoms with van der Waals surface area (Å²) in [6.45, 7) is 1.83. The van der Waals surface area contributed by atoms with E-state index in [0.29, 0.717) is 16.5 Å². The number of carboxylic acid groups (broad SMARTS) is 1. The van der Waals surface area contributed by atoms with Crippen LogP contribution in [0.2, 0.25) is 0 Å². The number of thioether (sulfide) groups is 1. The van der Waals surface area contributed by atoms with Gasteiger partial charge in [0.05, 0.1) is 10.8 Å². The van der Waals surface area contributed by atoms with E-state index in [4.69, 9.17) is 0 Å². The molecule has 0 aliphatic rings. The summed E-state index contributed by atoms with van der Waals surface area (Å²) in [6.07, 6.45) is 0. The highest BCUT2D eigenvalue weighted by atomic mass is 79.9. The Morgan fingerprint density at radius 3 is 2.00 bits per heavy atom. The van der Waals surface area contributed by atoms with Crippen LogP contribution < -0.4 is 10.6 Å². The predicted octanol–water partition coefficient (Wildman–Crippen LogP) is 6.67. The molecule has 0 saturated carbocycles. The van der Waals surface area contributed by atoms with Crippen molar-refractivity contribution in [3.05, 3.63) is 101 Å². The van der Waals surface area contributed by atoms with Crippen molar-refractivity contribution >= 4 is 67.6 Å². The van der Waals surface area contributed by atoms with E-state index in [9.17, 15) is 19.5 Å². The number of hydrogen-bond acceptors (Lipinski definition) is 4. The van der Waals surface area contributed by atoms with Gasteiger partial charge in [-0.05, 0) is 73.0 Å². The molecular formula is C27H21BrN2O4S. The van der Waals surface area contributed by atoms with Crippen LogP contribution in [0.3, 0.4) is 0 Å². The zero-order chi connectivity index (χ0) is 24.9. The molecule has 0 fully saturated rings. The van der Waals surface area contributed by atoms with Gasteiger partial charge in [0.1, 0.15) is 0 Å². The number of amides is 2. The first-order valence-corrected chi connectivity index (χ1v) is 12.4. The van der Waals surface area contributed by atoms with Crippen LogP contribution in [-0.2, 0) is 4.79 Å². The van der Waals surface area contributed by atoms with Gasteiger partial charge >= 0.3 is 5.97 Å². The van der Waals surface area contributed by atoms with Crippen molar-refractivity contribution in [2.24, 2.45) is 0 Å². The Balaban J connectivity index is 1.43. The monoisotopic (exact) mass is 548 g/mol. The van der Waals surface area contributed by atoms with Gasteiger partial charge < -0.3 is 15.7 Å². The maximum absolute atomic E-state index is 13.0. The average molecular weight is 549 g/mol. The molecule has 176 valence electrons. The normalized spacial score (nSPS) is 11.6. The van der Waals surface area contributed by atoms with Crippen LogP contribution in [0.4, 0.5) is 11.4 Å². The maximum atomic E-state index is 13.0. The molecule has 0 aliphatic heterocycles. The van der Waals surface area contributed by atoms with Crippen molar-refractivity contribution in [1.29, 1.82) is 0 Å². The van der Waals surface area contributed by atoms with Gasteiger partial charge in [-0.2, -0.15) is 0 Å². The van der Waals surface area contributed by atoms with Gasteiger partial charge in [-0.3, -0.25) is 9.59 Å². The van der Waals surface area contributed by atoms with Gasteiger partial charge in [-0.1, -0.05) is 40.2 Å². The molecule has 0 aromatic heterocycles. The highest BCUT2D eigenvalue weighted by Gasteiger charge is 2.17. The molecule has 35 heavy (non-hydrogen) atoms. The first kappa shape index (κ1) is 24.5. The molecule has 4 aromatic carbocycles. The van der Waals surface area contributed by atoms with E-state index in [2.05, 4.69) is 26.6 Å². The Morgan fingerprint density at radius 2 is 1.37 bits per heavy atom. The van der Waals surface area contributed by atoms with Crippen LogP contribution in [0.25, 0.3) is 10.8 Å². The lowest BCUT2D eigenvalue weighted by atomic mass is 9.98. The zero-order valence-corrected chi connectivity index (χ0v) is 21.0. The molecule has 8 heteroatoms. The number of nitrogens with one attached hydrogen (secondary N) is 2. The van der Waals surface area contributed by atoms with Crippen molar-refractivity contribution < 1.29 is 19.5 Å². The minimum absolute atomic E-state index is 0.0791. The van der Waals surface area contributed by atoms with Crippen LogP contribution in [0.5, 0.6) is 0 Å². The van der Waals surface area contributed by atoms with E-state index in [1.54, 1.807) is 42.5 Å². The van der Waals surface area contributed by atoms with E-state index in [1.807, 2.05) is 43.3 Å². The predicted molar refractivity (Wildman–Crippen MR) is 143 cm³/mol. The SMILES string of the molecule is CC(Sc1ccc(NC(=O)c2cccc3cccc(C(=O)O)c23)cc1)C(=O)Nc1ccc(Br)cc1. The quantitative estimate of drug-likeness (QED) is 0.224. The standard InChI is InChI=1S/C27H21BrN2O4S/c1-16(25(31)29-19-10-8-18(28)9-11-19)35-21-14-12-20(13-15-21)30-26(32)22-6-2-4-17-5-3-7-23(24(17)22)27(33)34/h2-16H,1H3,(H,29,31)(H,30,32)(H,33,34). The number of hydrogen-bond donors (Lipinski definition) is 3. The minimum atomic E-state index is -1.09. The van der Waals surface area contributed by atoms with Gasteiger partial charge in [-0.15, -0.1) is 11.8 Å². The van der Waals surface area contributed by atoms with Gasteiger partial charge in [0.2, 0.25) is 5.91 Å². The second kappa shape index (κ2) is 10.8. The number of halogens is 1.